The quantitative estimate of drug-likeness (QED) is 0.212. The van der Waals surface area contributed by atoms with Gasteiger partial charge in [-0.1, -0.05) is 0 Å². The highest BCUT2D eigenvalue weighted by molar-refractivity contribution is 5.89. The molecule has 0 aliphatic carbocycles. The van der Waals surface area contributed by atoms with Crippen LogP contribution in [0.5, 0.6) is 0 Å². The molecule has 136 valence electrons. The molecule has 1 fully saturated rings. The molecule has 11 nitrogen and oxygen atoms in total. The summed E-state index contributed by atoms with van der Waals surface area (Å²) in [6.45, 7) is -3.25. The molecule has 23 heavy (non-hydrogen) atoms. The van der Waals surface area contributed by atoms with Crippen LogP contribution in [0.25, 0.3) is 0 Å². The van der Waals surface area contributed by atoms with Gasteiger partial charge in [0.1, 0.15) is 49.3 Å². The first-order valence-electron chi connectivity index (χ1n) is 6.80. The zero-order chi connectivity index (χ0) is 17.9. The molecule has 0 unspecified atom stereocenters. The van der Waals surface area contributed by atoms with E-state index >= 15 is 0 Å². The smallest absolute Gasteiger partial charge is 0.195 e. The fraction of sp³-hybridized carbons (Fsp3) is 0.917. The van der Waals surface area contributed by atoms with Crippen LogP contribution in [0, 0.1) is 0 Å². The van der Waals surface area contributed by atoms with Crippen LogP contribution < -0.4 is 0 Å². The van der Waals surface area contributed by atoms with E-state index in [1.165, 1.54) is 0 Å². The first-order chi connectivity index (χ1) is 10.7. The minimum absolute atomic E-state index is 0.858. The Morgan fingerprint density at radius 3 is 2.04 bits per heavy atom. The van der Waals surface area contributed by atoms with Crippen molar-refractivity contribution in [2.45, 2.75) is 48.3 Å². The molecule has 0 amide bonds. The number of aliphatic hydroxyl groups excluding tert-OH is 8. The van der Waals surface area contributed by atoms with Gasteiger partial charge in [-0.25, -0.2) is 0 Å². The SMILES string of the molecule is O=C(CO)[C@@](O)([C@H](O)[C@H](O)CO)[C@@H]1O[C@H](CO)[C@@H](O)[C@H](O)[C@H]1O. The molecular formula is C12H22O11. The molecule has 0 saturated carbocycles. The Morgan fingerprint density at radius 1 is 1.04 bits per heavy atom. The second kappa shape index (κ2) is 7.90. The van der Waals surface area contributed by atoms with Crippen molar-refractivity contribution in [3.8, 4) is 0 Å². The lowest BCUT2D eigenvalue weighted by atomic mass is 9.77. The molecule has 0 spiro atoms. The van der Waals surface area contributed by atoms with Crippen LogP contribution in [0.1, 0.15) is 0 Å². The zero-order valence-electron chi connectivity index (χ0n) is 12.0. The van der Waals surface area contributed by atoms with E-state index in [1.807, 2.05) is 0 Å². The number of hydrogen-bond acceptors (Lipinski definition) is 11. The summed E-state index contributed by atoms with van der Waals surface area (Å²) in [5.74, 6) is -1.47. The fourth-order valence-electron chi connectivity index (χ4n) is 2.48. The molecule has 1 rings (SSSR count). The topological polar surface area (TPSA) is 208 Å². The summed E-state index contributed by atoms with van der Waals surface area (Å²) in [6, 6.07) is 0. The number of carbonyl (C=O) groups excluding carboxylic acids is 1. The Morgan fingerprint density at radius 2 is 1.61 bits per heavy atom. The Hall–Kier alpha value is -0.730. The van der Waals surface area contributed by atoms with E-state index < -0.39 is 73.9 Å². The number of Topliss-reactive ketones (excluding diaryl/α,β-unsaturated/α-hetero) is 1. The van der Waals surface area contributed by atoms with Crippen molar-refractivity contribution in [2.24, 2.45) is 0 Å². The standard InChI is InChI=1S/C12H22O11/c13-1-4(16)10(21)12(22,6(17)3-15)11-9(20)8(19)7(18)5(2-14)23-11/h4-5,7-11,13-16,18-22H,1-3H2/t4-,5-,7-,8+,9-,10-,11-,12-/m1/s1. The lowest BCUT2D eigenvalue weighted by molar-refractivity contribution is -0.284. The Kier molecular flexibility index (Phi) is 6.97. The monoisotopic (exact) mass is 342 g/mol. The number of aliphatic hydroxyl groups is 9. The molecular weight excluding hydrogens is 320 g/mol. The predicted octanol–water partition coefficient (Wildman–Crippen LogP) is -6.16. The van der Waals surface area contributed by atoms with E-state index in [0.717, 1.165) is 0 Å². The van der Waals surface area contributed by atoms with Crippen LogP contribution in [0.4, 0.5) is 0 Å². The van der Waals surface area contributed by atoms with Gasteiger partial charge >= 0.3 is 0 Å². The third-order valence-electron chi connectivity index (χ3n) is 3.92. The third-order valence-corrected chi connectivity index (χ3v) is 3.92. The number of rotatable bonds is 7. The molecule has 0 bridgehead atoms. The van der Waals surface area contributed by atoms with Gasteiger partial charge in [0, 0.05) is 0 Å². The van der Waals surface area contributed by atoms with Crippen LogP contribution in [-0.4, -0.2) is 120 Å². The van der Waals surface area contributed by atoms with E-state index in [2.05, 4.69) is 0 Å². The van der Waals surface area contributed by atoms with Crippen LogP contribution in [-0.2, 0) is 9.53 Å². The summed E-state index contributed by atoms with van der Waals surface area (Å²) in [5.41, 5.74) is -3.12. The number of carbonyl (C=O) groups is 1. The molecule has 0 aromatic rings. The van der Waals surface area contributed by atoms with Gasteiger partial charge in [-0.05, 0) is 0 Å². The van der Waals surface area contributed by atoms with Crippen molar-refractivity contribution < 1.29 is 55.5 Å². The molecule has 11 heteroatoms. The van der Waals surface area contributed by atoms with Gasteiger partial charge in [0.25, 0.3) is 0 Å². The van der Waals surface area contributed by atoms with E-state index in [-0.39, 0.29) is 0 Å². The summed E-state index contributed by atoms with van der Waals surface area (Å²) >= 11 is 0. The number of hydrogen-bond donors (Lipinski definition) is 9. The maximum Gasteiger partial charge on any atom is 0.195 e. The average Bonchev–Trinajstić information content (AvgIpc) is 2.56. The minimum Gasteiger partial charge on any atom is -0.394 e. The molecule has 9 N–H and O–H groups in total. The zero-order valence-corrected chi connectivity index (χ0v) is 12.0. The van der Waals surface area contributed by atoms with Gasteiger partial charge in [-0.2, -0.15) is 0 Å². The van der Waals surface area contributed by atoms with Crippen molar-refractivity contribution in [1.29, 1.82) is 0 Å². The molecule has 1 aliphatic heterocycles. The molecule has 0 aromatic heterocycles. The normalized spacial score (nSPS) is 37.0. The molecule has 1 saturated heterocycles. The molecule has 1 heterocycles. The first kappa shape index (κ1) is 20.3. The van der Waals surface area contributed by atoms with Gasteiger partial charge in [0.15, 0.2) is 11.4 Å². The molecule has 0 radical (unpaired) electrons. The fourth-order valence-corrected chi connectivity index (χ4v) is 2.48. The highest BCUT2D eigenvalue weighted by Crippen LogP contribution is 2.32. The molecule has 1 aliphatic rings. The van der Waals surface area contributed by atoms with E-state index in [9.17, 15) is 35.4 Å². The van der Waals surface area contributed by atoms with E-state index in [4.69, 9.17) is 20.1 Å². The van der Waals surface area contributed by atoms with Crippen molar-refractivity contribution >= 4 is 5.78 Å². The predicted molar refractivity (Wildman–Crippen MR) is 69.9 cm³/mol. The summed E-state index contributed by atoms with van der Waals surface area (Å²) in [4.78, 5) is 11.9. The average molecular weight is 342 g/mol. The van der Waals surface area contributed by atoms with Crippen LogP contribution >= 0.6 is 0 Å². The van der Waals surface area contributed by atoms with Gasteiger partial charge in [-0.15, -0.1) is 0 Å². The molecule has 8 atom stereocenters. The van der Waals surface area contributed by atoms with Gasteiger partial charge < -0.3 is 50.7 Å². The van der Waals surface area contributed by atoms with Crippen LogP contribution in [0.3, 0.4) is 0 Å². The first-order valence-corrected chi connectivity index (χ1v) is 6.80. The summed E-state index contributed by atoms with van der Waals surface area (Å²) in [5, 5.41) is 86.1. The van der Waals surface area contributed by atoms with Gasteiger partial charge in [0.2, 0.25) is 0 Å². The van der Waals surface area contributed by atoms with Crippen LogP contribution in [0.15, 0.2) is 0 Å². The minimum atomic E-state index is -3.12. The van der Waals surface area contributed by atoms with Crippen LogP contribution in [0.2, 0.25) is 0 Å². The van der Waals surface area contributed by atoms with Crippen molar-refractivity contribution in [3.05, 3.63) is 0 Å². The van der Waals surface area contributed by atoms with Gasteiger partial charge in [-0.3, -0.25) is 4.79 Å². The number of ether oxygens (including phenoxy) is 1. The Bertz CT molecular complexity index is 402. The summed E-state index contributed by atoms with van der Waals surface area (Å²) < 4.78 is 4.99. The van der Waals surface area contributed by atoms with Crippen molar-refractivity contribution in [2.75, 3.05) is 19.8 Å². The maximum absolute atomic E-state index is 11.9. The van der Waals surface area contributed by atoms with Crippen molar-refractivity contribution in [3.63, 3.8) is 0 Å². The summed E-state index contributed by atoms with van der Waals surface area (Å²) in [6.07, 6.45) is -13.9. The number of ketones is 1. The Balaban J connectivity index is 3.27. The highest BCUT2D eigenvalue weighted by atomic mass is 16.6. The summed E-state index contributed by atoms with van der Waals surface area (Å²) in [7, 11) is 0. The highest BCUT2D eigenvalue weighted by Gasteiger charge is 2.59. The van der Waals surface area contributed by atoms with Crippen molar-refractivity contribution in [1.82, 2.24) is 0 Å². The Labute approximate surface area is 130 Å². The lowest BCUT2D eigenvalue weighted by Crippen LogP contribution is -2.72. The largest absolute Gasteiger partial charge is 0.394 e. The maximum atomic E-state index is 11.9. The second-order valence-electron chi connectivity index (χ2n) is 5.35. The van der Waals surface area contributed by atoms with E-state index in [1.54, 1.807) is 0 Å². The van der Waals surface area contributed by atoms with Gasteiger partial charge in [0.05, 0.1) is 13.2 Å². The molecule has 0 aromatic carbocycles. The lowest BCUT2D eigenvalue weighted by Gasteiger charge is -2.47. The third kappa shape index (κ3) is 3.53. The second-order valence-corrected chi connectivity index (χ2v) is 5.35. The van der Waals surface area contributed by atoms with E-state index in [0.29, 0.717) is 0 Å².